The fourth-order valence-corrected chi connectivity index (χ4v) is 2.18. The van der Waals surface area contributed by atoms with Crippen molar-refractivity contribution in [1.82, 2.24) is 5.32 Å². The second-order valence-corrected chi connectivity index (χ2v) is 6.29. The Morgan fingerprint density at radius 1 is 1.55 bits per heavy atom. The van der Waals surface area contributed by atoms with Gasteiger partial charge in [0, 0.05) is 23.2 Å². The van der Waals surface area contributed by atoms with Crippen LogP contribution < -0.4 is 21.1 Å². The van der Waals surface area contributed by atoms with E-state index in [0.717, 1.165) is 0 Å². The van der Waals surface area contributed by atoms with Crippen molar-refractivity contribution in [2.24, 2.45) is 5.73 Å². The summed E-state index contributed by atoms with van der Waals surface area (Å²) >= 11 is 0. The molecule has 0 aromatic heterocycles. The molecule has 1 aromatic rings. The Morgan fingerprint density at radius 3 is 2.86 bits per heavy atom. The van der Waals surface area contributed by atoms with Crippen molar-refractivity contribution in [3.8, 4) is 5.75 Å². The summed E-state index contributed by atoms with van der Waals surface area (Å²) in [6, 6.07) is 5.12. The van der Waals surface area contributed by atoms with E-state index in [1.807, 2.05) is 20.8 Å². The first-order chi connectivity index (χ1) is 10.3. The van der Waals surface area contributed by atoms with Gasteiger partial charge in [0.2, 0.25) is 0 Å². The van der Waals surface area contributed by atoms with E-state index in [2.05, 4.69) is 10.6 Å². The highest BCUT2D eigenvalue weighted by Crippen LogP contribution is 2.31. The molecule has 0 spiro atoms. The van der Waals surface area contributed by atoms with E-state index < -0.39 is 6.10 Å². The molecule has 120 valence electrons. The molecule has 0 saturated heterocycles. The molecule has 0 bridgehead atoms. The number of hydrogen-bond acceptors (Lipinski definition) is 4. The van der Waals surface area contributed by atoms with Crippen molar-refractivity contribution in [3.05, 3.63) is 35.7 Å². The Morgan fingerprint density at radius 2 is 2.27 bits per heavy atom. The molecule has 0 aliphatic carbocycles. The lowest BCUT2D eigenvalue weighted by atomic mass is 10.1. The number of ether oxygens (including phenoxy) is 1. The Labute approximate surface area is 129 Å². The SMILES string of the molecule is CC(C)(C)NC(=O)c1ccc2c(c1)NCC(/C(=C\F)CN)O2. The minimum atomic E-state index is -0.434. The number of carbonyl (C=O) groups excluding carboxylic acids is 1. The summed E-state index contributed by atoms with van der Waals surface area (Å²) in [5.41, 5.74) is 6.84. The third-order valence-corrected chi connectivity index (χ3v) is 3.27. The van der Waals surface area contributed by atoms with E-state index in [1.54, 1.807) is 18.2 Å². The molecule has 2 rings (SSSR count). The average molecular weight is 307 g/mol. The third-order valence-electron chi connectivity index (χ3n) is 3.27. The number of nitrogens with one attached hydrogen (secondary N) is 2. The maximum atomic E-state index is 12.7. The van der Waals surface area contributed by atoms with E-state index in [4.69, 9.17) is 10.5 Å². The smallest absolute Gasteiger partial charge is 0.251 e. The number of carbonyl (C=O) groups is 1. The molecule has 1 aliphatic heterocycles. The summed E-state index contributed by atoms with van der Waals surface area (Å²) in [5, 5.41) is 6.06. The monoisotopic (exact) mass is 307 g/mol. The van der Waals surface area contributed by atoms with Gasteiger partial charge >= 0.3 is 0 Å². The van der Waals surface area contributed by atoms with Crippen molar-refractivity contribution >= 4 is 11.6 Å². The predicted molar refractivity (Wildman–Crippen MR) is 84.8 cm³/mol. The van der Waals surface area contributed by atoms with Gasteiger partial charge in [0.25, 0.3) is 5.91 Å². The van der Waals surface area contributed by atoms with E-state index in [1.165, 1.54) is 0 Å². The average Bonchev–Trinajstić information content (AvgIpc) is 2.46. The van der Waals surface area contributed by atoms with Gasteiger partial charge in [-0.25, -0.2) is 4.39 Å². The van der Waals surface area contributed by atoms with Crippen LogP contribution in [0.3, 0.4) is 0 Å². The van der Waals surface area contributed by atoms with Crippen LogP contribution in [0.2, 0.25) is 0 Å². The Balaban J connectivity index is 2.16. The second-order valence-electron chi connectivity index (χ2n) is 6.29. The normalized spacial score (nSPS) is 18.0. The molecule has 1 amide bonds. The first-order valence-corrected chi connectivity index (χ1v) is 7.20. The summed E-state index contributed by atoms with van der Waals surface area (Å²) in [5.74, 6) is 0.432. The molecule has 4 N–H and O–H groups in total. The molecule has 0 fully saturated rings. The van der Waals surface area contributed by atoms with Crippen molar-refractivity contribution < 1.29 is 13.9 Å². The summed E-state index contributed by atoms with van der Waals surface area (Å²) < 4.78 is 18.5. The first-order valence-electron chi connectivity index (χ1n) is 7.20. The first kappa shape index (κ1) is 16.3. The number of hydrogen-bond donors (Lipinski definition) is 3. The van der Waals surface area contributed by atoms with E-state index >= 15 is 0 Å². The number of rotatable bonds is 3. The van der Waals surface area contributed by atoms with Crippen LogP contribution in [0.5, 0.6) is 5.75 Å². The van der Waals surface area contributed by atoms with Crippen LogP contribution in [-0.2, 0) is 0 Å². The van der Waals surface area contributed by atoms with Crippen molar-refractivity contribution in [2.45, 2.75) is 32.4 Å². The maximum absolute atomic E-state index is 12.7. The lowest BCUT2D eigenvalue weighted by molar-refractivity contribution is 0.0919. The molecule has 0 saturated carbocycles. The van der Waals surface area contributed by atoms with Gasteiger partial charge in [0.15, 0.2) is 0 Å². The summed E-state index contributed by atoms with van der Waals surface area (Å²) in [6.45, 7) is 6.28. The number of nitrogens with two attached hydrogens (primary N) is 1. The summed E-state index contributed by atoms with van der Waals surface area (Å²) in [4.78, 5) is 12.2. The zero-order valence-electron chi connectivity index (χ0n) is 13.1. The molecule has 1 heterocycles. The fraction of sp³-hybridized carbons (Fsp3) is 0.438. The van der Waals surface area contributed by atoms with Crippen molar-refractivity contribution in [3.63, 3.8) is 0 Å². The van der Waals surface area contributed by atoms with Gasteiger partial charge in [-0.05, 0) is 39.0 Å². The minimum Gasteiger partial charge on any atom is -0.482 e. The molecule has 22 heavy (non-hydrogen) atoms. The van der Waals surface area contributed by atoms with Gasteiger partial charge in [-0.15, -0.1) is 0 Å². The Bertz CT molecular complexity index is 594. The lowest BCUT2D eigenvalue weighted by Crippen LogP contribution is -2.40. The van der Waals surface area contributed by atoms with Crippen molar-refractivity contribution in [2.75, 3.05) is 18.4 Å². The predicted octanol–water partition coefficient (Wildman–Crippen LogP) is 2.20. The van der Waals surface area contributed by atoms with Gasteiger partial charge in [-0.3, -0.25) is 4.79 Å². The van der Waals surface area contributed by atoms with Crippen LogP contribution in [0, 0.1) is 0 Å². The van der Waals surface area contributed by atoms with E-state index in [0.29, 0.717) is 35.4 Å². The third kappa shape index (κ3) is 3.76. The van der Waals surface area contributed by atoms with Crippen LogP contribution in [0.15, 0.2) is 30.1 Å². The Kier molecular flexibility index (Phi) is 4.71. The molecule has 0 radical (unpaired) electrons. The minimum absolute atomic E-state index is 0.101. The Hall–Kier alpha value is -2.08. The van der Waals surface area contributed by atoms with Gasteiger partial charge < -0.3 is 21.1 Å². The zero-order valence-corrected chi connectivity index (χ0v) is 13.1. The topological polar surface area (TPSA) is 76.4 Å². The quantitative estimate of drug-likeness (QED) is 0.800. The molecule has 5 nitrogen and oxygen atoms in total. The van der Waals surface area contributed by atoms with Crippen LogP contribution in [-0.4, -0.2) is 30.6 Å². The van der Waals surface area contributed by atoms with Gasteiger partial charge in [-0.1, -0.05) is 0 Å². The van der Waals surface area contributed by atoms with Gasteiger partial charge in [0.05, 0.1) is 18.6 Å². The van der Waals surface area contributed by atoms with Crippen LogP contribution in [0.25, 0.3) is 0 Å². The van der Waals surface area contributed by atoms with Crippen LogP contribution in [0.1, 0.15) is 31.1 Å². The molecule has 1 aliphatic rings. The summed E-state index contributed by atoms with van der Waals surface area (Å²) in [7, 11) is 0. The van der Waals surface area contributed by atoms with E-state index in [9.17, 15) is 9.18 Å². The van der Waals surface area contributed by atoms with Gasteiger partial charge in [-0.2, -0.15) is 0 Å². The molecule has 1 atom stereocenters. The second kappa shape index (κ2) is 6.36. The molecule has 1 aromatic carbocycles. The molecule has 1 unspecified atom stereocenters. The molecule has 6 heteroatoms. The van der Waals surface area contributed by atoms with Gasteiger partial charge in [0.1, 0.15) is 11.9 Å². The summed E-state index contributed by atoms with van der Waals surface area (Å²) in [6.07, 6.45) is 0.0550. The molecular formula is C16H22FN3O2. The standard InChI is InChI=1S/C16H22FN3O2/c1-16(2,3)20-15(21)10-4-5-13-12(6-10)19-9-14(22-13)11(7-17)8-18/h4-7,14,19H,8-9,18H2,1-3H3,(H,20,21)/b11-7-. The van der Waals surface area contributed by atoms with E-state index in [-0.39, 0.29) is 18.0 Å². The lowest BCUT2D eigenvalue weighted by Gasteiger charge is -2.29. The maximum Gasteiger partial charge on any atom is 0.251 e. The highest BCUT2D eigenvalue weighted by molar-refractivity contribution is 5.96. The highest BCUT2D eigenvalue weighted by atomic mass is 19.1. The number of anilines is 1. The highest BCUT2D eigenvalue weighted by Gasteiger charge is 2.24. The fourth-order valence-electron chi connectivity index (χ4n) is 2.18. The molecular weight excluding hydrogens is 285 g/mol. The number of halogens is 1. The number of amides is 1. The largest absolute Gasteiger partial charge is 0.482 e. The van der Waals surface area contributed by atoms with Crippen LogP contribution in [0.4, 0.5) is 10.1 Å². The van der Waals surface area contributed by atoms with Crippen molar-refractivity contribution in [1.29, 1.82) is 0 Å². The number of fused-ring (bicyclic) bond motifs is 1. The van der Waals surface area contributed by atoms with Crippen LogP contribution >= 0.6 is 0 Å². The zero-order chi connectivity index (χ0) is 16.3. The number of benzene rings is 1.